The topological polar surface area (TPSA) is 41.1 Å². The Morgan fingerprint density at radius 1 is 1.50 bits per heavy atom. The maximum Gasteiger partial charge on any atom is 0.242 e. The Bertz CT molecular complexity index is 466. The lowest BCUT2D eigenvalue weighted by Gasteiger charge is -2.15. The molecule has 2 N–H and O–H groups in total. The minimum Gasteiger partial charge on any atom is -0.371 e. The molecule has 0 aliphatic carbocycles. The second kappa shape index (κ2) is 6.49. The fourth-order valence-corrected chi connectivity index (χ4v) is 1.57. The van der Waals surface area contributed by atoms with Crippen LogP contribution >= 0.6 is 15.9 Å². The van der Waals surface area contributed by atoms with Crippen LogP contribution in [0.1, 0.15) is 6.92 Å². The number of halogens is 3. The number of hydrogen-bond acceptors (Lipinski definition) is 2. The van der Waals surface area contributed by atoms with E-state index in [0.29, 0.717) is 6.54 Å². The van der Waals surface area contributed by atoms with Crippen LogP contribution in [0.2, 0.25) is 0 Å². The average molecular weight is 319 g/mol. The molecular formula is C12H13BrF2N2O. The first-order valence-electron chi connectivity index (χ1n) is 5.25. The number of hydrogen-bond donors (Lipinski definition) is 2. The molecule has 0 bridgehead atoms. The van der Waals surface area contributed by atoms with Gasteiger partial charge in [0, 0.05) is 12.6 Å². The Kier molecular flexibility index (Phi) is 5.27. The summed E-state index contributed by atoms with van der Waals surface area (Å²) in [5.74, 6) is -1.55. The van der Waals surface area contributed by atoms with E-state index >= 15 is 0 Å². The molecule has 1 aromatic rings. The van der Waals surface area contributed by atoms with Crippen molar-refractivity contribution in [2.75, 3.05) is 11.9 Å². The van der Waals surface area contributed by atoms with E-state index < -0.39 is 17.7 Å². The van der Waals surface area contributed by atoms with Crippen molar-refractivity contribution in [3.8, 4) is 0 Å². The van der Waals surface area contributed by atoms with Crippen LogP contribution in [0.4, 0.5) is 14.5 Å². The molecule has 0 aliphatic rings. The Labute approximate surface area is 112 Å². The Hall–Kier alpha value is -1.43. The summed E-state index contributed by atoms with van der Waals surface area (Å²) in [6, 6.07) is 1.32. The van der Waals surface area contributed by atoms with E-state index in [9.17, 15) is 13.6 Å². The van der Waals surface area contributed by atoms with Gasteiger partial charge >= 0.3 is 0 Å². The monoisotopic (exact) mass is 318 g/mol. The summed E-state index contributed by atoms with van der Waals surface area (Å²) >= 11 is 2.88. The highest BCUT2D eigenvalue weighted by molar-refractivity contribution is 9.10. The van der Waals surface area contributed by atoms with Gasteiger partial charge in [-0.3, -0.25) is 4.79 Å². The number of benzene rings is 1. The Morgan fingerprint density at radius 3 is 2.78 bits per heavy atom. The molecule has 1 rings (SSSR count). The van der Waals surface area contributed by atoms with Gasteiger partial charge in [-0.2, -0.15) is 0 Å². The van der Waals surface area contributed by atoms with E-state index in [-0.39, 0.29) is 16.1 Å². The van der Waals surface area contributed by atoms with Crippen molar-refractivity contribution in [2.45, 2.75) is 13.0 Å². The van der Waals surface area contributed by atoms with Gasteiger partial charge in [-0.25, -0.2) is 8.78 Å². The number of carbonyl (C=O) groups excluding carboxylic acids is 1. The third-order valence-corrected chi connectivity index (χ3v) is 2.80. The van der Waals surface area contributed by atoms with Crippen LogP contribution in [0, 0.1) is 11.6 Å². The van der Waals surface area contributed by atoms with Crippen molar-refractivity contribution in [1.82, 2.24) is 5.32 Å². The highest BCUT2D eigenvalue weighted by Crippen LogP contribution is 2.23. The SMILES string of the molecule is C=CCNC(=O)C(C)Nc1cc(F)c(Br)cc1F. The summed E-state index contributed by atoms with van der Waals surface area (Å²) in [6.45, 7) is 5.34. The third kappa shape index (κ3) is 3.80. The van der Waals surface area contributed by atoms with E-state index in [2.05, 4.69) is 33.1 Å². The number of carbonyl (C=O) groups is 1. The maximum absolute atomic E-state index is 13.5. The van der Waals surface area contributed by atoms with Gasteiger partial charge in [-0.15, -0.1) is 6.58 Å². The third-order valence-electron chi connectivity index (χ3n) is 2.20. The Balaban J connectivity index is 2.75. The van der Waals surface area contributed by atoms with Gasteiger partial charge in [0.1, 0.15) is 17.7 Å². The molecular weight excluding hydrogens is 306 g/mol. The van der Waals surface area contributed by atoms with Crippen LogP contribution in [0.3, 0.4) is 0 Å². The summed E-state index contributed by atoms with van der Waals surface area (Å²) < 4.78 is 26.8. The number of anilines is 1. The molecule has 0 spiro atoms. The van der Waals surface area contributed by atoms with Gasteiger partial charge in [0.2, 0.25) is 5.91 Å². The zero-order chi connectivity index (χ0) is 13.7. The zero-order valence-electron chi connectivity index (χ0n) is 9.77. The number of amides is 1. The summed E-state index contributed by atoms with van der Waals surface area (Å²) in [5, 5.41) is 5.16. The van der Waals surface area contributed by atoms with Gasteiger partial charge in [-0.1, -0.05) is 6.08 Å². The predicted octanol–water partition coefficient (Wildman–Crippen LogP) is 2.83. The lowest BCUT2D eigenvalue weighted by atomic mass is 10.2. The quantitative estimate of drug-likeness (QED) is 0.647. The molecule has 0 heterocycles. The van der Waals surface area contributed by atoms with Crippen LogP contribution in [-0.2, 0) is 4.79 Å². The second-order valence-corrected chi connectivity index (χ2v) is 4.50. The van der Waals surface area contributed by atoms with Crippen molar-refractivity contribution in [3.63, 3.8) is 0 Å². The van der Waals surface area contributed by atoms with Crippen LogP contribution in [0.15, 0.2) is 29.3 Å². The van der Waals surface area contributed by atoms with E-state index in [1.54, 1.807) is 6.92 Å². The van der Waals surface area contributed by atoms with E-state index in [1.807, 2.05) is 0 Å². The minimum atomic E-state index is -0.681. The molecule has 0 saturated heterocycles. The molecule has 18 heavy (non-hydrogen) atoms. The van der Waals surface area contributed by atoms with Crippen LogP contribution in [-0.4, -0.2) is 18.5 Å². The van der Waals surface area contributed by atoms with E-state index in [1.165, 1.54) is 6.08 Å². The van der Waals surface area contributed by atoms with Gasteiger partial charge in [0.15, 0.2) is 0 Å². The maximum atomic E-state index is 13.5. The summed E-state index contributed by atoms with van der Waals surface area (Å²) in [4.78, 5) is 11.5. The smallest absolute Gasteiger partial charge is 0.242 e. The molecule has 1 amide bonds. The summed E-state index contributed by atoms with van der Waals surface area (Å²) in [7, 11) is 0. The number of rotatable bonds is 5. The highest BCUT2D eigenvalue weighted by Gasteiger charge is 2.15. The largest absolute Gasteiger partial charge is 0.371 e. The number of nitrogens with one attached hydrogen (secondary N) is 2. The van der Waals surface area contributed by atoms with Crippen LogP contribution in [0.25, 0.3) is 0 Å². The van der Waals surface area contributed by atoms with E-state index in [0.717, 1.165) is 12.1 Å². The summed E-state index contributed by atoms with van der Waals surface area (Å²) in [5.41, 5.74) is -0.0584. The lowest BCUT2D eigenvalue weighted by molar-refractivity contribution is -0.121. The first-order valence-corrected chi connectivity index (χ1v) is 6.04. The molecule has 98 valence electrons. The molecule has 0 fully saturated rings. The molecule has 0 radical (unpaired) electrons. The van der Waals surface area contributed by atoms with Crippen molar-refractivity contribution in [1.29, 1.82) is 0 Å². The van der Waals surface area contributed by atoms with E-state index in [4.69, 9.17) is 0 Å². The fraction of sp³-hybridized carbons (Fsp3) is 0.250. The van der Waals surface area contributed by atoms with Crippen molar-refractivity contribution < 1.29 is 13.6 Å². The van der Waals surface area contributed by atoms with Gasteiger partial charge in [0.05, 0.1) is 10.2 Å². The standard InChI is InChI=1S/C12H13BrF2N2O/c1-3-4-16-12(18)7(2)17-11-6-9(14)8(13)5-10(11)15/h3,5-7,17H,1,4H2,2H3,(H,16,18). The molecule has 6 heteroatoms. The van der Waals surface area contributed by atoms with Crippen LogP contribution in [0.5, 0.6) is 0 Å². The van der Waals surface area contributed by atoms with Gasteiger partial charge in [0.25, 0.3) is 0 Å². The van der Waals surface area contributed by atoms with Gasteiger partial charge in [-0.05, 0) is 28.9 Å². The molecule has 1 unspecified atom stereocenters. The molecule has 3 nitrogen and oxygen atoms in total. The van der Waals surface area contributed by atoms with Gasteiger partial charge < -0.3 is 10.6 Å². The lowest BCUT2D eigenvalue weighted by Crippen LogP contribution is -2.37. The van der Waals surface area contributed by atoms with Crippen molar-refractivity contribution in [2.24, 2.45) is 0 Å². The second-order valence-electron chi connectivity index (χ2n) is 3.65. The zero-order valence-corrected chi connectivity index (χ0v) is 11.4. The molecule has 0 saturated carbocycles. The van der Waals surface area contributed by atoms with Crippen molar-refractivity contribution >= 4 is 27.5 Å². The molecule has 1 atom stereocenters. The minimum absolute atomic E-state index is 0.0364. The Morgan fingerprint density at radius 2 is 2.17 bits per heavy atom. The molecule has 0 aliphatic heterocycles. The van der Waals surface area contributed by atoms with Crippen LogP contribution < -0.4 is 10.6 Å². The first-order chi connectivity index (χ1) is 8.45. The first kappa shape index (κ1) is 14.6. The highest BCUT2D eigenvalue weighted by atomic mass is 79.9. The predicted molar refractivity (Wildman–Crippen MR) is 70.3 cm³/mol. The normalized spacial score (nSPS) is 11.8. The van der Waals surface area contributed by atoms with Crippen molar-refractivity contribution in [3.05, 3.63) is 40.9 Å². The molecule has 1 aromatic carbocycles. The molecule has 0 aromatic heterocycles. The summed E-state index contributed by atoms with van der Waals surface area (Å²) in [6.07, 6.45) is 1.53. The fourth-order valence-electron chi connectivity index (χ4n) is 1.26. The average Bonchev–Trinajstić information content (AvgIpc) is 2.32.